The van der Waals surface area contributed by atoms with Crippen LogP contribution in [0.1, 0.15) is 16.8 Å². The fourth-order valence-electron chi connectivity index (χ4n) is 1.59. The summed E-state index contributed by atoms with van der Waals surface area (Å²) < 4.78 is 37.9. The van der Waals surface area contributed by atoms with E-state index in [9.17, 15) is 13.2 Å². The van der Waals surface area contributed by atoms with Crippen LogP contribution in [0.2, 0.25) is 0 Å². The van der Waals surface area contributed by atoms with Crippen molar-refractivity contribution in [2.24, 2.45) is 0 Å². The number of hydrogen-bond acceptors (Lipinski definition) is 4. The van der Waals surface area contributed by atoms with Crippen molar-refractivity contribution in [3.05, 3.63) is 47.2 Å². The third-order valence-electron chi connectivity index (χ3n) is 2.65. The maximum Gasteiger partial charge on any atom is 0.433 e. The van der Waals surface area contributed by atoms with Crippen LogP contribution < -0.4 is 5.73 Å². The third-order valence-corrected chi connectivity index (χ3v) is 3.61. The van der Waals surface area contributed by atoms with Crippen LogP contribution >= 0.6 is 11.8 Å². The number of aromatic nitrogens is 2. The highest BCUT2D eigenvalue weighted by molar-refractivity contribution is 7.98. The lowest BCUT2D eigenvalue weighted by molar-refractivity contribution is -0.141. The summed E-state index contributed by atoms with van der Waals surface area (Å²) in [4.78, 5) is 7.03. The third kappa shape index (κ3) is 3.63. The zero-order chi connectivity index (χ0) is 14.8. The highest BCUT2D eigenvalue weighted by atomic mass is 32.2. The Bertz CT molecular complexity index is 614. The predicted molar refractivity (Wildman–Crippen MR) is 72.2 cm³/mol. The Morgan fingerprint density at radius 1 is 1.20 bits per heavy atom. The van der Waals surface area contributed by atoms with E-state index < -0.39 is 11.9 Å². The van der Waals surface area contributed by atoms with Gasteiger partial charge >= 0.3 is 6.18 Å². The zero-order valence-corrected chi connectivity index (χ0v) is 11.4. The van der Waals surface area contributed by atoms with E-state index in [2.05, 4.69) is 9.97 Å². The molecule has 0 saturated heterocycles. The lowest BCUT2D eigenvalue weighted by Crippen LogP contribution is -2.11. The summed E-state index contributed by atoms with van der Waals surface area (Å²) in [6.07, 6.45) is -4.52. The Kier molecular flexibility index (Phi) is 4.17. The summed E-state index contributed by atoms with van der Waals surface area (Å²) in [5.74, 6) is 0.160. The van der Waals surface area contributed by atoms with Crippen LogP contribution in [0.3, 0.4) is 0 Å². The predicted octanol–water partition coefficient (Wildman–Crippen LogP) is 3.68. The van der Waals surface area contributed by atoms with Crippen LogP contribution in [-0.4, -0.2) is 9.97 Å². The SMILES string of the molecule is Cc1ccccc1CSc1cc(C(F)(F)F)nc(N)n1. The molecule has 0 aliphatic heterocycles. The molecule has 20 heavy (non-hydrogen) atoms. The monoisotopic (exact) mass is 299 g/mol. The summed E-state index contributed by atoms with van der Waals surface area (Å²) >= 11 is 1.20. The second kappa shape index (κ2) is 5.70. The van der Waals surface area contributed by atoms with Crippen LogP contribution in [0.15, 0.2) is 35.4 Å². The first-order valence-electron chi connectivity index (χ1n) is 5.75. The average Bonchev–Trinajstić information content (AvgIpc) is 2.36. The van der Waals surface area contributed by atoms with Crippen molar-refractivity contribution in [3.63, 3.8) is 0 Å². The van der Waals surface area contributed by atoms with Crippen molar-refractivity contribution >= 4 is 17.7 Å². The minimum absolute atomic E-state index is 0.216. The first-order chi connectivity index (χ1) is 9.36. The molecule has 1 aromatic carbocycles. The van der Waals surface area contributed by atoms with E-state index in [1.807, 2.05) is 31.2 Å². The molecule has 0 radical (unpaired) electrons. The van der Waals surface area contributed by atoms with Crippen LogP contribution in [0, 0.1) is 6.92 Å². The summed E-state index contributed by atoms with van der Waals surface area (Å²) in [6.45, 7) is 1.95. The molecular weight excluding hydrogens is 287 g/mol. The number of hydrogen-bond donors (Lipinski definition) is 1. The van der Waals surface area contributed by atoms with Gasteiger partial charge in [-0.15, -0.1) is 11.8 Å². The molecule has 2 rings (SSSR count). The number of nitrogen functional groups attached to an aromatic ring is 1. The Morgan fingerprint density at radius 3 is 2.55 bits per heavy atom. The number of nitrogens with two attached hydrogens (primary N) is 1. The molecule has 2 aromatic rings. The number of alkyl halides is 3. The summed E-state index contributed by atoms with van der Waals surface area (Å²) in [6, 6.07) is 8.59. The molecule has 0 amide bonds. The van der Waals surface area contributed by atoms with Gasteiger partial charge in [-0.3, -0.25) is 0 Å². The molecule has 2 N–H and O–H groups in total. The molecule has 0 unspecified atom stereocenters. The van der Waals surface area contributed by atoms with Crippen molar-refractivity contribution in [3.8, 4) is 0 Å². The van der Waals surface area contributed by atoms with Crippen molar-refractivity contribution in [2.75, 3.05) is 5.73 Å². The van der Waals surface area contributed by atoms with E-state index in [4.69, 9.17) is 5.73 Å². The van der Waals surface area contributed by atoms with Gasteiger partial charge in [0.05, 0.1) is 0 Å². The fourth-order valence-corrected chi connectivity index (χ4v) is 2.57. The molecule has 0 bridgehead atoms. The fraction of sp³-hybridized carbons (Fsp3) is 0.231. The van der Waals surface area contributed by atoms with Gasteiger partial charge in [-0.1, -0.05) is 24.3 Å². The number of aryl methyl sites for hydroxylation is 1. The summed E-state index contributed by atoms with van der Waals surface area (Å²) in [7, 11) is 0. The Morgan fingerprint density at radius 2 is 1.90 bits per heavy atom. The molecular formula is C13H12F3N3S. The van der Waals surface area contributed by atoms with Gasteiger partial charge in [-0.05, 0) is 18.1 Å². The van der Waals surface area contributed by atoms with E-state index in [0.717, 1.165) is 17.2 Å². The number of anilines is 1. The van der Waals surface area contributed by atoms with E-state index in [-0.39, 0.29) is 11.0 Å². The first-order valence-corrected chi connectivity index (χ1v) is 6.74. The topological polar surface area (TPSA) is 51.8 Å². The molecule has 3 nitrogen and oxygen atoms in total. The van der Waals surface area contributed by atoms with Crippen molar-refractivity contribution < 1.29 is 13.2 Å². The van der Waals surface area contributed by atoms with Crippen LogP contribution in [-0.2, 0) is 11.9 Å². The summed E-state index contributed by atoms with van der Waals surface area (Å²) in [5.41, 5.74) is 6.43. The average molecular weight is 299 g/mol. The van der Waals surface area contributed by atoms with Gasteiger partial charge in [0, 0.05) is 11.8 Å². The van der Waals surface area contributed by atoms with Gasteiger partial charge in [0.15, 0.2) is 5.69 Å². The molecule has 0 spiro atoms. The van der Waals surface area contributed by atoms with Gasteiger partial charge in [-0.2, -0.15) is 13.2 Å². The molecule has 0 aliphatic carbocycles. The molecule has 1 heterocycles. The van der Waals surface area contributed by atoms with Crippen LogP contribution in [0.5, 0.6) is 0 Å². The highest BCUT2D eigenvalue weighted by Gasteiger charge is 2.33. The minimum atomic E-state index is -4.52. The molecule has 0 saturated carbocycles. The molecule has 0 atom stereocenters. The van der Waals surface area contributed by atoms with E-state index in [1.165, 1.54) is 11.8 Å². The normalized spacial score (nSPS) is 11.6. The minimum Gasteiger partial charge on any atom is -0.368 e. The molecule has 0 aliphatic rings. The zero-order valence-electron chi connectivity index (χ0n) is 10.6. The Balaban J connectivity index is 2.18. The quantitative estimate of drug-likeness (QED) is 0.694. The van der Waals surface area contributed by atoms with Gasteiger partial charge < -0.3 is 5.73 Å². The molecule has 1 aromatic heterocycles. The van der Waals surface area contributed by atoms with Crippen molar-refractivity contribution in [2.45, 2.75) is 23.9 Å². The van der Waals surface area contributed by atoms with Gasteiger partial charge in [-0.25, -0.2) is 9.97 Å². The Labute approximate surface area is 118 Å². The highest BCUT2D eigenvalue weighted by Crippen LogP contribution is 2.31. The number of benzene rings is 1. The number of halogens is 3. The number of rotatable bonds is 3. The Hall–Kier alpha value is -1.76. The second-order valence-electron chi connectivity index (χ2n) is 4.16. The van der Waals surface area contributed by atoms with Crippen LogP contribution in [0.4, 0.5) is 19.1 Å². The number of thioether (sulfide) groups is 1. The molecule has 0 fully saturated rings. The lowest BCUT2D eigenvalue weighted by atomic mass is 10.1. The lowest BCUT2D eigenvalue weighted by Gasteiger charge is -2.09. The van der Waals surface area contributed by atoms with Gasteiger partial charge in [0.1, 0.15) is 5.03 Å². The number of nitrogens with zero attached hydrogens (tertiary/aromatic N) is 2. The maximum absolute atomic E-state index is 12.6. The largest absolute Gasteiger partial charge is 0.433 e. The van der Waals surface area contributed by atoms with E-state index in [1.54, 1.807) is 0 Å². The molecule has 7 heteroatoms. The smallest absolute Gasteiger partial charge is 0.368 e. The maximum atomic E-state index is 12.6. The summed E-state index contributed by atoms with van der Waals surface area (Å²) in [5, 5.41) is 0.216. The first kappa shape index (κ1) is 14.6. The van der Waals surface area contributed by atoms with Crippen LogP contribution in [0.25, 0.3) is 0 Å². The van der Waals surface area contributed by atoms with Crippen molar-refractivity contribution in [1.82, 2.24) is 9.97 Å². The van der Waals surface area contributed by atoms with Gasteiger partial charge in [0.25, 0.3) is 0 Å². The molecule has 106 valence electrons. The van der Waals surface area contributed by atoms with Crippen molar-refractivity contribution in [1.29, 1.82) is 0 Å². The van der Waals surface area contributed by atoms with E-state index >= 15 is 0 Å². The van der Waals surface area contributed by atoms with Gasteiger partial charge in [0.2, 0.25) is 5.95 Å². The van der Waals surface area contributed by atoms with E-state index in [0.29, 0.717) is 5.75 Å². The standard InChI is InChI=1S/C13H12F3N3S/c1-8-4-2-3-5-9(8)7-20-11-6-10(13(14,15)16)18-12(17)19-11/h2-6H,7H2,1H3,(H2,17,18,19). The second-order valence-corrected chi connectivity index (χ2v) is 5.16.